The smallest absolute Gasteiger partial charge is 0.315 e. The summed E-state index contributed by atoms with van der Waals surface area (Å²) < 4.78 is 0. The third-order valence-corrected chi connectivity index (χ3v) is 3.63. The van der Waals surface area contributed by atoms with Crippen LogP contribution in [0.15, 0.2) is 24.3 Å². The molecule has 6 nitrogen and oxygen atoms in total. The van der Waals surface area contributed by atoms with E-state index in [4.69, 9.17) is 0 Å². The summed E-state index contributed by atoms with van der Waals surface area (Å²) in [6.07, 6.45) is 2.63. The third kappa shape index (κ3) is 2.89. The van der Waals surface area contributed by atoms with Crippen molar-refractivity contribution in [1.82, 2.24) is 15.5 Å². The molecule has 0 spiro atoms. The summed E-state index contributed by atoms with van der Waals surface area (Å²) in [7, 11) is 0. The van der Waals surface area contributed by atoms with Gasteiger partial charge in [0.05, 0.1) is 11.1 Å². The molecule has 2 N–H and O–H groups in total. The molecule has 6 heteroatoms. The summed E-state index contributed by atoms with van der Waals surface area (Å²) in [5, 5.41) is 5.55. The zero-order valence-corrected chi connectivity index (χ0v) is 11.6. The Morgan fingerprint density at radius 1 is 1.14 bits per heavy atom. The number of amides is 4. The van der Waals surface area contributed by atoms with E-state index in [1.54, 1.807) is 24.3 Å². The largest absolute Gasteiger partial charge is 0.338 e. The van der Waals surface area contributed by atoms with Crippen molar-refractivity contribution in [1.29, 1.82) is 0 Å². The lowest BCUT2D eigenvalue weighted by Gasteiger charge is -2.14. The van der Waals surface area contributed by atoms with Gasteiger partial charge in [0.15, 0.2) is 0 Å². The number of fused-ring (bicyclic) bond motifs is 1. The van der Waals surface area contributed by atoms with Gasteiger partial charge in [-0.1, -0.05) is 12.1 Å². The highest BCUT2D eigenvalue weighted by Gasteiger charge is 2.34. The van der Waals surface area contributed by atoms with E-state index < -0.39 is 0 Å². The van der Waals surface area contributed by atoms with Crippen LogP contribution in [0.2, 0.25) is 0 Å². The van der Waals surface area contributed by atoms with E-state index in [0.29, 0.717) is 36.7 Å². The third-order valence-electron chi connectivity index (χ3n) is 3.63. The summed E-state index contributed by atoms with van der Waals surface area (Å²) >= 11 is 0. The zero-order chi connectivity index (χ0) is 14.8. The van der Waals surface area contributed by atoms with Crippen LogP contribution in [0, 0.1) is 0 Å². The average Bonchev–Trinajstić information content (AvgIpc) is 3.26. The molecule has 0 atom stereocenters. The Labute approximate surface area is 122 Å². The van der Waals surface area contributed by atoms with Crippen molar-refractivity contribution in [3.63, 3.8) is 0 Å². The molecular weight excluding hydrogens is 270 g/mol. The highest BCUT2D eigenvalue weighted by atomic mass is 16.2. The number of carbonyl (C=O) groups excluding carboxylic acids is 3. The first-order chi connectivity index (χ1) is 10.2. The lowest BCUT2D eigenvalue weighted by Crippen LogP contribution is -2.39. The molecule has 1 aromatic carbocycles. The van der Waals surface area contributed by atoms with Crippen LogP contribution in [-0.4, -0.2) is 41.9 Å². The standard InChI is InChI=1S/C15H17N3O3/c19-13-11-4-1-2-5-12(11)14(20)18(13)9-3-8-16-15(21)17-10-6-7-10/h1-2,4-5,10H,3,6-9H2,(H2,16,17,21). The second-order valence-corrected chi connectivity index (χ2v) is 5.34. The second-order valence-electron chi connectivity index (χ2n) is 5.34. The molecule has 21 heavy (non-hydrogen) atoms. The minimum absolute atomic E-state index is 0.181. The Morgan fingerprint density at radius 3 is 2.33 bits per heavy atom. The van der Waals surface area contributed by atoms with Crippen LogP contribution in [0.25, 0.3) is 0 Å². The molecule has 3 rings (SSSR count). The molecular formula is C15H17N3O3. The fourth-order valence-electron chi connectivity index (χ4n) is 2.35. The van der Waals surface area contributed by atoms with Crippen LogP contribution < -0.4 is 10.6 Å². The number of imide groups is 1. The number of benzene rings is 1. The van der Waals surface area contributed by atoms with Gasteiger partial charge in [-0.15, -0.1) is 0 Å². The molecule has 0 unspecified atom stereocenters. The zero-order valence-electron chi connectivity index (χ0n) is 11.6. The minimum atomic E-state index is -0.252. The number of hydrogen-bond donors (Lipinski definition) is 2. The van der Waals surface area contributed by atoms with E-state index in [0.717, 1.165) is 12.8 Å². The van der Waals surface area contributed by atoms with Gasteiger partial charge >= 0.3 is 6.03 Å². The van der Waals surface area contributed by atoms with Crippen molar-refractivity contribution in [3.8, 4) is 0 Å². The van der Waals surface area contributed by atoms with Crippen molar-refractivity contribution >= 4 is 17.8 Å². The van der Waals surface area contributed by atoms with Gasteiger partial charge in [0.1, 0.15) is 0 Å². The van der Waals surface area contributed by atoms with Gasteiger partial charge in [-0.25, -0.2) is 4.79 Å². The van der Waals surface area contributed by atoms with Crippen molar-refractivity contribution in [3.05, 3.63) is 35.4 Å². The van der Waals surface area contributed by atoms with Crippen molar-refractivity contribution < 1.29 is 14.4 Å². The van der Waals surface area contributed by atoms with Crippen LogP contribution in [0.1, 0.15) is 40.0 Å². The Morgan fingerprint density at radius 2 is 1.76 bits per heavy atom. The number of nitrogens with one attached hydrogen (secondary N) is 2. The average molecular weight is 287 g/mol. The highest BCUT2D eigenvalue weighted by Crippen LogP contribution is 2.22. The van der Waals surface area contributed by atoms with E-state index in [-0.39, 0.29) is 17.8 Å². The van der Waals surface area contributed by atoms with E-state index in [9.17, 15) is 14.4 Å². The van der Waals surface area contributed by atoms with Crippen molar-refractivity contribution in [2.24, 2.45) is 0 Å². The Bertz CT molecular complexity index is 561. The highest BCUT2D eigenvalue weighted by molar-refractivity contribution is 6.21. The molecule has 0 saturated heterocycles. The van der Waals surface area contributed by atoms with Crippen molar-refractivity contribution in [2.45, 2.75) is 25.3 Å². The molecule has 1 aliphatic carbocycles. The quantitative estimate of drug-likeness (QED) is 0.629. The maximum atomic E-state index is 12.1. The number of rotatable bonds is 5. The first kappa shape index (κ1) is 13.6. The van der Waals surface area contributed by atoms with Gasteiger partial charge in [-0.05, 0) is 31.4 Å². The van der Waals surface area contributed by atoms with Gasteiger partial charge in [0.2, 0.25) is 0 Å². The number of urea groups is 1. The number of hydrogen-bond acceptors (Lipinski definition) is 3. The maximum Gasteiger partial charge on any atom is 0.315 e. The molecule has 4 amide bonds. The summed E-state index contributed by atoms with van der Waals surface area (Å²) in [5.74, 6) is -0.504. The molecule has 1 saturated carbocycles. The summed E-state index contributed by atoms with van der Waals surface area (Å²) in [6.45, 7) is 0.752. The van der Waals surface area contributed by atoms with E-state index >= 15 is 0 Å². The molecule has 110 valence electrons. The molecule has 1 heterocycles. The van der Waals surface area contributed by atoms with Crippen LogP contribution >= 0.6 is 0 Å². The summed E-state index contributed by atoms with van der Waals surface area (Å²) in [4.78, 5) is 36.9. The fourth-order valence-corrected chi connectivity index (χ4v) is 2.35. The summed E-state index contributed by atoms with van der Waals surface area (Å²) in [5.41, 5.74) is 0.920. The molecule has 1 aromatic rings. The Balaban J connectivity index is 1.47. The number of carbonyl (C=O) groups is 3. The van der Waals surface area contributed by atoms with Gasteiger partial charge in [-0.3, -0.25) is 14.5 Å². The first-order valence-corrected chi connectivity index (χ1v) is 7.16. The second kappa shape index (κ2) is 5.55. The van der Waals surface area contributed by atoms with Gasteiger partial charge in [0.25, 0.3) is 11.8 Å². The normalized spacial score (nSPS) is 16.9. The van der Waals surface area contributed by atoms with Gasteiger partial charge in [-0.2, -0.15) is 0 Å². The topological polar surface area (TPSA) is 78.5 Å². The van der Waals surface area contributed by atoms with E-state index in [2.05, 4.69) is 10.6 Å². The lowest BCUT2D eigenvalue weighted by molar-refractivity contribution is 0.0653. The predicted molar refractivity (Wildman–Crippen MR) is 76.0 cm³/mol. The molecule has 0 radical (unpaired) electrons. The maximum absolute atomic E-state index is 12.1. The monoisotopic (exact) mass is 287 g/mol. The lowest BCUT2D eigenvalue weighted by atomic mass is 10.1. The molecule has 1 fully saturated rings. The number of nitrogens with zero attached hydrogens (tertiary/aromatic N) is 1. The molecule has 0 aromatic heterocycles. The summed E-state index contributed by atoms with van der Waals surface area (Å²) in [6, 6.07) is 6.96. The van der Waals surface area contributed by atoms with E-state index in [1.165, 1.54) is 4.90 Å². The van der Waals surface area contributed by atoms with Crippen LogP contribution in [0.4, 0.5) is 4.79 Å². The Kier molecular flexibility index (Phi) is 3.60. The Hall–Kier alpha value is -2.37. The van der Waals surface area contributed by atoms with Crippen LogP contribution in [0.5, 0.6) is 0 Å². The SMILES string of the molecule is O=C(NCCCN1C(=O)c2ccccc2C1=O)NC1CC1. The first-order valence-electron chi connectivity index (χ1n) is 7.16. The molecule has 0 bridgehead atoms. The van der Waals surface area contributed by atoms with Gasteiger partial charge < -0.3 is 10.6 Å². The molecule has 1 aliphatic heterocycles. The van der Waals surface area contributed by atoms with Crippen LogP contribution in [-0.2, 0) is 0 Å². The van der Waals surface area contributed by atoms with E-state index in [1.807, 2.05) is 0 Å². The molecule has 2 aliphatic rings. The van der Waals surface area contributed by atoms with Crippen molar-refractivity contribution in [2.75, 3.05) is 13.1 Å². The van der Waals surface area contributed by atoms with Gasteiger partial charge in [0, 0.05) is 19.1 Å². The fraction of sp³-hybridized carbons (Fsp3) is 0.400. The predicted octanol–water partition coefficient (Wildman–Crippen LogP) is 1.13. The van der Waals surface area contributed by atoms with Crippen LogP contribution in [0.3, 0.4) is 0 Å². The minimum Gasteiger partial charge on any atom is -0.338 e.